The van der Waals surface area contributed by atoms with E-state index in [1.807, 2.05) is 28.9 Å². The molecule has 9 heteroatoms. The molecule has 0 aliphatic carbocycles. The Kier molecular flexibility index (Phi) is 7.37. The van der Waals surface area contributed by atoms with Gasteiger partial charge in [-0.1, -0.05) is 36.7 Å². The molecule has 1 aliphatic rings. The summed E-state index contributed by atoms with van der Waals surface area (Å²) in [5.41, 5.74) is 0.960. The van der Waals surface area contributed by atoms with Crippen LogP contribution in [0.4, 0.5) is 4.39 Å². The van der Waals surface area contributed by atoms with E-state index in [2.05, 4.69) is 14.9 Å². The van der Waals surface area contributed by atoms with Gasteiger partial charge in [0.15, 0.2) is 0 Å². The number of halogens is 2. The third-order valence-electron chi connectivity index (χ3n) is 6.01. The quantitative estimate of drug-likeness (QED) is 0.573. The number of benzene rings is 2. The highest BCUT2D eigenvalue weighted by Gasteiger charge is 2.24. The molecule has 0 bridgehead atoms. The minimum absolute atomic E-state index is 0.0311. The average molecular weight is 472 g/mol. The Labute approximate surface area is 196 Å². The zero-order valence-corrected chi connectivity index (χ0v) is 19.3. The Morgan fingerprint density at radius 3 is 2.64 bits per heavy atom. The average Bonchev–Trinajstić information content (AvgIpc) is 2.81. The summed E-state index contributed by atoms with van der Waals surface area (Å²) in [6.07, 6.45) is 0. The molecule has 1 fully saturated rings. The van der Waals surface area contributed by atoms with Gasteiger partial charge in [0.2, 0.25) is 5.91 Å². The monoisotopic (exact) mass is 471 g/mol. The molecule has 4 rings (SSSR count). The lowest BCUT2D eigenvalue weighted by Gasteiger charge is -2.36. The van der Waals surface area contributed by atoms with Crippen molar-refractivity contribution in [1.29, 1.82) is 0 Å². The number of amides is 1. The molecule has 1 aliphatic heterocycles. The van der Waals surface area contributed by atoms with Crippen molar-refractivity contribution >= 4 is 28.4 Å². The van der Waals surface area contributed by atoms with Gasteiger partial charge in [-0.15, -0.1) is 0 Å². The van der Waals surface area contributed by atoms with Gasteiger partial charge in [-0.2, -0.15) is 0 Å². The summed E-state index contributed by atoms with van der Waals surface area (Å²) >= 11 is 6.15. The smallest absolute Gasteiger partial charge is 0.258 e. The fraction of sp³-hybridized carbons (Fsp3) is 0.375. The highest BCUT2D eigenvalue weighted by molar-refractivity contribution is 6.31. The number of rotatable bonds is 7. The van der Waals surface area contributed by atoms with E-state index in [9.17, 15) is 14.0 Å². The van der Waals surface area contributed by atoms with Crippen molar-refractivity contribution in [3.8, 4) is 0 Å². The summed E-state index contributed by atoms with van der Waals surface area (Å²) in [7, 11) is 0. The van der Waals surface area contributed by atoms with Crippen LogP contribution in [0.5, 0.6) is 0 Å². The molecular formula is C24H27ClFN5O2. The summed E-state index contributed by atoms with van der Waals surface area (Å²) < 4.78 is 14.1. The van der Waals surface area contributed by atoms with Crippen molar-refractivity contribution in [1.82, 2.24) is 24.7 Å². The molecule has 1 saturated heterocycles. The first-order valence-electron chi connectivity index (χ1n) is 11.1. The second kappa shape index (κ2) is 10.4. The number of piperazine rings is 1. The van der Waals surface area contributed by atoms with Gasteiger partial charge in [0.1, 0.15) is 11.6 Å². The van der Waals surface area contributed by atoms with Gasteiger partial charge in [0.05, 0.1) is 24.0 Å². The number of para-hydroxylation sites is 1. The molecule has 0 radical (unpaired) electrons. The largest absolute Gasteiger partial charge is 0.339 e. The van der Waals surface area contributed by atoms with E-state index in [-0.39, 0.29) is 23.8 Å². The third-order valence-corrected chi connectivity index (χ3v) is 6.36. The summed E-state index contributed by atoms with van der Waals surface area (Å²) in [6.45, 7) is 6.14. The Morgan fingerprint density at radius 1 is 1.15 bits per heavy atom. The molecular weight excluding hydrogens is 445 g/mol. The SMILES string of the molecule is CCN(CC(=O)N1CCN(Cc2c(F)cccc2Cl)CC1)Cc1nc2ccccc2c(=O)[nH]1. The van der Waals surface area contributed by atoms with E-state index in [0.29, 0.717) is 73.1 Å². The van der Waals surface area contributed by atoms with Crippen molar-refractivity contribution in [2.24, 2.45) is 0 Å². The molecule has 174 valence electrons. The number of carbonyl (C=O) groups excluding carboxylic acids is 1. The van der Waals surface area contributed by atoms with Crippen LogP contribution in [0, 0.1) is 5.82 Å². The lowest BCUT2D eigenvalue weighted by molar-refractivity contribution is -0.134. The van der Waals surface area contributed by atoms with E-state index in [1.54, 1.807) is 24.3 Å². The van der Waals surface area contributed by atoms with Gasteiger partial charge >= 0.3 is 0 Å². The van der Waals surface area contributed by atoms with Gasteiger partial charge in [-0.3, -0.25) is 19.4 Å². The van der Waals surface area contributed by atoms with Gasteiger partial charge in [0, 0.05) is 43.3 Å². The number of aromatic amines is 1. The van der Waals surface area contributed by atoms with Crippen LogP contribution in [0.2, 0.25) is 5.02 Å². The molecule has 0 unspecified atom stereocenters. The van der Waals surface area contributed by atoms with Crippen LogP contribution >= 0.6 is 11.6 Å². The second-order valence-corrected chi connectivity index (χ2v) is 8.60. The summed E-state index contributed by atoms with van der Waals surface area (Å²) in [6, 6.07) is 11.9. The highest BCUT2D eigenvalue weighted by atomic mass is 35.5. The summed E-state index contributed by atoms with van der Waals surface area (Å²) in [4.78, 5) is 38.5. The number of nitrogens with zero attached hydrogens (tertiary/aromatic N) is 4. The molecule has 2 aromatic carbocycles. The molecule has 1 amide bonds. The van der Waals surface area contributed by atoms with Crippen molar-refractivity contribution in [3.05, 3.63) is 75.0 Å². The molecule has 1 N–H and O–H groups in total. The molecule has 7 nitrogen and oxygen atoms in total. The maximum atomic E-state index is 14.1. The number of hydrogen-bond donors (Lipinski definition) is 1. The molecule has 3 aromatic rings. The first-order valence-corrected chi connectivity index (χ1v) is 11.5. The molecule has 0 atom stereocenters. The Balaban J connectivity index is 1.33. The predicted octanol–water partition coefficient (Wildman–Crippen LogP) is 2.88. The lowest BCUT2D eigenvalue weighted by atomic mass is 10.2. The zero-order chi connectivity index (χ0) is 23.4. The number of carbonyl (C=O) groups is 1. The van der Waals surface area contributed by atoms with Crippen LogP contribution < -0.4 is 5.56 Å². The van der Waals surface area contributed by atoms with Gasteiger partial charge in [-0.25, -0.2) is 9.37 Å². The molecule has 0 spiro atoms. The van der Waals surface area contributed by atoms with E-state index in [4.69, 9.17) is 11.6 Å². The minimum atomic E-state index is -0.306. The van der Waals surface area contributed by atoms with E-state index < -0.39 is 0 Å². The van der Waals surface area contributed by atoms with E-state index in [1.165, 1.54) is 6.07 Å². The first kappa shape index (κ1) is 23.4. The predicted molar refractivity (Wildman–Crippen MR) is 127 cm³/mol. The number of fused-ring (bicyclic) bond motifs is 1. The molecule has 33 heavy (non-hydrogen) atoms. The molecule has 0 saturated carbocycles. The number of H-pyrrole nitrogens is 1. The topological polar surface area (TPSA) is 72.5 Å². The third kappa shape index (κ3) is 5.58. The molecule has 1 aromatic heterocycles. The van der Waals surface area contributed by atoms with E-state index >= 15 is 0 Å². The van der Waals surface area contributed by atoms with Crippen molar-refractivity contribution < 1.29 is 9.18 Å². The second-order valence-electron chi connectivity index (χ2n) is 8.19. The highest BCUT2D eigenvalue weighted by Crippen LogP contribution is 2.21. The first-order chi connectivity index (χ1) is 15.9. The molecule has 2 heterocycles. The fourth-order valence-electron chi connectivity index (χ4n) is 4.05. The number of likely N-dealkylation sites (N-methyl/N-ethyl adjacent to an activating group) is 1. The van der Waals surface area contributed by atoms with Crippen LogP contribution in [-0.4, -0.2) is 69.8 Å². The van der Waals surface area contributed by atoms with Crippen LogP contribution in [0.15, 0.2) is 47.3 Å². The van der Waals surface area contributed by atoms with Gasteiger partial charge in [0.25, 0.3) is 5.56 Å². The Bertz CT molecular complexity index is 1170. The zero-order valence-electron chi connectivity index (χ0n) is 18.6. The Hall–Kier alpha value is -2.81. The fourth-order valence-corrected chi connectivity index (χ4v) is 4.28. The number of nitrogens with one attached hydrogen (secondary N) is 1. The minimum Gasteiger partial charge on any atom is -0.339 e. The number of hydrogen-bond acceptors (Lipinski definition) is 5. The van der Waals surface area contributed by atoms with E-state index in [0.717, 1.165) is 0 Å². The van der Waals surface area contributed by atoms with Gasteiger partial charge in [-0.05, 0) is 30.8 Å². The van der Waals surface area contributed by atoms with Gasteiger partial charge < -0.3 is 9.88 Å². The number of aromatic nitrogens is 2. The summed E-state index contributed by atoms with van der Waals surface area (Å²) in [5.74, 6) is 0.267. The Morgan fingerprint density at radius 2 is 1.91 bits per heavy atom. The maximum Gasteiger partial charge on any atom is 0.258 e. The standard InChI is InChI=1S/C24H27ClFN5O2/c1-2-29(15-22-27-21-9-4-3-6-17(21)24(33)28-22)16-23(32)31-12-10-30(11-13-31)14-18-19(25)7-5-8-20(18)26/h3-9H,2,10-16H2,1H3,(H,27,28,33). The van der Waals surface area contributed by atoms with Crippen molar-refractivity contribution in [2.75, 3.05) is 39.3 Å². The maximum absolute atomic E-state index is 14.1. The summed E-state index contributed by atoms with van der Waals surface area (Å²) in [5, 5.41) is 0.974. The van der Waals surface area contributed by atoms with Crippen molar-refractivity contribution in [3.63, 3.8) is 0 Å². The van der Waals surface area contributed by atoms with Crippen LogP contribution in [-0.2, 0) is 17.9 Å². The van der Waals surface area contributed by atoms with Crippen molar-refractivity contribution in [2.45, 2.75) is 20.0 Å². The van der Waals surface area contributed by atoms with Crippen LogP contribution in [0.1, 0.15) is 18.3 Å². The van der Waals surface area contributed by atoms with Crippen LogP contribution in [0.25, 0.3) is 10.9 Å². The van der Waals surface area contributed by atoms with Crippen LogP contribution in [0.3, 0.4) is 0 Å². The normalized spacial score (nSPS) is 14.8. The lowest BCUT2D eigenvalue weighted by Crippen LogP contribution is -2.51.